The number of carbonyl (C=O) groups excluding carboxylic acids is 3. The molecule has 3 aromatic carbocycles. The minimum absolute atomic E-state index is 0.409. The number of phenolic OH excluding ortho intramolecular Hbond substituents is 2. The van der Waals surface area contributed by atoms with Crippen molar-refractivity contribution in [2.45, 2.75) is 26.1 Å². The number of phenols is 4. The smallest absolute Gasteiger partial charge is 0.340 e. The van der Waals surface area contributed by atoms with E-state index in [0.717, 1.165) is 39.2 Å². The van der Waals surface area contributed by atoms with Gasteiger partial charge in [-0.05, 0) is 25.5 Å². The average Bonchev–Trinajstić information content (AvgIpc) is 2.93. The highest BCUT2D eigenvalue weighted by atomic mass is 16.7. The van der Waals surface area contributed by atoms with Gasteiger partial charge in [0.25, 0.3) is 0 Å². The fourth-order valence-corrected chi connectivity index (χ4v) is 5.41. The molecule has 44 heavy (non-hydrogen) atoms. The predicted molar refractivity (Wildman–Crippen MR) is 146 cm³/mol. The van der Waals surface area contributed by atoms with Gasteiger partial charge in [-0.25, -0.2) is 9.59 Å². The lowest BCUT2D eigenvalue weighted by molar-refractivity contribution is -0.0702. The van der Waals surface area contributed by atoms with E-state index in [0.29, 0.717) is 0 Å². The van der Waals surface area contributed by atoms with Crippen LogP contribution in [0.5, 0.6) is 28.7 Å². The molecule has 15 heteroatoms. The molecule has 0 bridgehead atoms. The lowest BCUT2D eigenvalue weighted by Crippen LogP contribution is -2.40. The number of rotatable bonds is 6. The summed E-state index contributed by atoms with van der Waals surface area (Å²) in [6.45, 7) is 2.03. The third-order valence-electron chi connectivity index (χ3n) is 7.24. The Kier molecular flexibility index (Phi) is 6.77. The molecule has 6 N–H and O–H groups in total. The van der Waals surface area contributed by atoms with E-state index in [1.165, 1.54) is 0 Å². The maximum atomic E-state index is 14.1. The standard InChI is InChI=1S/C29H20O15/c1-7(30)9-4-10-22(34)17-13(5-11(32)23(35)19(17)27(38)39)43-26(10)15(8(2)31)16(9)21-25(37)18-14(44-29(21)42-3)6-12(33)24(36)20(18)28(40)41/h4-6,21,29,32-33,35-36H,1-3H3,(H,38,39)(H,40,41). The van der Waals surface area contributed by atoms with E-state index in [2.05, 4.69) is 0 Å². The summed E-state index contributed by atoms with van der Waals surface area (Å²) in [6, 6.07) is 2.45. The number of ketones is 3. The van der Waals surface area contributed by atoms with Gasteiger partial charge in [0.05, 0.1) is 21.9 Å². The van der Waals surface area contributed by atoms with Crippen molar-refractivity contribution in [2.24, 2.45) is 0 Å². The Morgan fingerprint density at radius 3 is 1.95 bits per heavy atom. The van der Waals surface area contributed by atoms with Crippen molar-refractivity contribution in [3.63, 3.8) is 0 Å². The van der Waals surface area contributed by atoms with E-state index < -0.39 is 131 Å². The van der Waals surface area contributed by atoms with Crippen LogP contribution in [0.3, 0.4) is 0 Å². The van der Waals surface area contributed by atoms with E-state index in [1.807, 2.05) is 0 Å². The van der Waals surface area contributed by atoms with E-state index in [4.69, 9.17) is 13.9 Å². The van der Waals surface area contributed by atoms with Crippen LogP contribution in [-0.4, -0.2) is 73.3 Å². The highest BCUT2D eigenvalue weighted by Gasteiger charge is 2.46. The van der Waals surface area contributed by atoms with Crippen LogP contribution >= 0.6 is 0 Å². The monoisotopic (exact) mass is 608 g/mol. The predicted octanol–water partition coefficient (Wildman–Crippen LogP) is 2.90. The van der Waals surface area contributed by atoms with Gasteiger partial charge in [-0.3, -0.25) is 19.2 Å². The summed E-state index contributed by atoms with van der Waals surface area (Å²) in [6.07, 6.45) is -1.67. The fourth-order valence-electron chi connectivity index (χ4n) is 5.41. The molecule has 226 valence electrons. The summed E-state index contributed by atoms with van der Waals surface area (Å²) < 4.78 is 16.8. The Hall–Kier alpha value is -5.96. The van der Waals surface area contributed by atoms with Gasteiger partial charge >= 0.3 is 11.9 Å². The molecule has 5 rings (SSSR count). The summed E-state index contributed by atoms with van der Waals surface area (Å²) in [7, 11) is 1.09. The minimum atomic E-state index is -1.83. The summed E-state index contributed by atoms with van der Waals surface area (Å²) in [4.78, 5) is 78.0. The number of carbonyl (C=O) groups is 5. The number of Topliss-reactive ketones (excluding diaryl/α,β-unsaturated/α-hetero) is 3. The number of aromatic hydroxyl groups is 4. The van der Waals surface area contributed by atoms with Gasteiger partial charge in [0, 0.05) is 24.8 Å². The molecule has 2 heterocycles. The topological polar surface area (TPSA) is 255 Å². The third-order valence-corrected chi connectivity index (χ3v) is 7.24. The largest absolute Gasteiger partial charge is 0.504 e. The maximum Gasteiger partial charge on any atom is 0.340 e. The van der Waals surface area contributed by atoms with Crippen LogP contribution in [0.25, 0.3) is 21.9 Å². The molecule has 2 atom stereocenters. The quantitative estimate of drug-likeness (QED) is 0.104. The first kappa shape index (κ1) is 29.5. The number of methoxy groups -OCH3 is 1. The third kappa shape index (κ3) is 4.09. The Morgan fingerprint density at radius 1 is 0.818 bits per heavy atom. The van der Waals surface area contributed by atoms with Crippen LogP contribution in [0.4, 0.5) is 0 Å². The normalized spacial score (nSPS) is 16.0. The Bertz CT molecular complexity index is 2090. The molecule has 2 unspecified atom stereocenters. The Labute approximate surface area is 243 Å². The zero-order chi connectivity index (χ0) is 32.5. The Balaban J connectivity index is 1.97. The van der Waals surface area contributed by atoms with Crippen molar-refractivity contribution in [1.29, 1.82) is 0 Å². The summed E-state index contributed by atoms with van der Waals surface area (Å²) in [5.41, 5.74) is -6.37. The van der Waals surface area contributed by atoms with E-state index in [1.54, 1.807) is 0 Å². The molecular formula is C29H20O15. The molecule has 0 fully saturated rings. The van der Waals surface area contributed by atoms with Crippen molar-refractivity contribution in [3.05, 3.63) is 61.8 Å². The number of aromatic carboxylic acids is 2. The van der Waals surface area contributed by atoms with Crippen LogP contribution in [0.15, 0.2) is 27.4 Å². The van der Waals surface area contributed by atoms with E-state index in [9.17, 15) is 59.4 Å². The van der Waals surface area contributed by atoms with Gasteiger partial charge < -0.3 is 44.5 Å². The average molecular weight is 608 g/mol. The van der Waals surface area contributed by atoms with Gasteiger partial charge in [0.1, 0.15) is 34.0 Å². The first-order chi connectivity index (χ1) is 20.6. The molecule has 0 saturated carbocycles. The zero-order valence-corrected chi connectivity index (χ0v) is 22.7. The second-order valence-corrected chi connectivity index (χ2v) is 9.79. The molecule has 1 aromatic heterocycles. The molecule has 15 nitrogen and oxygen atoms in total. The van der Waals surface area contributed by atoms with Crippen LogP contribution < -0.4 is 10.2 Å². The first-order valence-electron chi connectivity index (χ1n) is 12.5. The van der Waals surface area contributed by atoms with Gasteiger partial charge in [-0.2, -0.15) is 0 Å². The zero-order valence-electron chi connectivity index (χ0n) is 22.7. The van der Waals surface area contributed by atoms with Gasteiger partial charge in [-0.15, -0.1) is 0 Å². The lowest BCUT2D eigenvalue weighted by Gasteiger charge is -2.34. The molecule has 0 saturated heterocycles. The van der Waals surface area contributed by atoms with Crippen molar-refractivity contribution in [3.8, 4) is 28.7 Å². The molecule has 1 aliphatic heterocycles. The second kappa shape index (κ2) is 10.1. The van der Waals surface area contributed by atoms with E-state index >= 15 is 0 Å². The van der Waals surface area contributed by atoms with Crippen LogP contribution in [0.1, 0.15) is 77.1 Å². The van der Waals surface area contributed by atoms with Crippen LogP contribution in [0, 0.1) is 0 Å². The highest BCUT2D eigenvalue weighted by molar-refractivity contribution is 6.18. The number of fused-ring (bicyclic) bond motifs is 3. The molecule has 0 aliphatic carbocycles. The SMILES string of the molecule is COC1Oc2cc(O)c(O)c(C(=O)O)c2C(=O)C1c1c(C(C)=O)cc2c(=O)c3c(C(=O)O)c(O)c(O)cc3oc2c1C(C)=O. The van der Waals surface area contributed by atoms with Gasteiger partial charge in [-0.1, -0.05) is 0 Å². The second-order valence-electron chi connectivity index (χ2n) is 9.79. The maximum absolute atomic E-state index is 14.1. The molecule has 0 spiro atoms. The van der Waals surface area contributed by atoms with E-state index in [-0.39, 0.29) is 0 Å². The summed E-state index contributed by atoms with van der Waals surface area (Å²) in [5, 5.41) is 58.8. The molecular weight excluding hydrogens is 588 g/mol. The highest BCUT2D eigenvalue weighted by Crippen LogP contribution is 2.47. The number of hydrogen-bond donors (Lipinski definition) is 6. The number of hydrogen-bond acceptors (Lipinski definition) is 13. The Morgan fingerprint density at radius 2 is 1.41 bits per heavy atom. The first-order valence-corrected chi connectivity index (χ1v) is 12.5. The lowest BCUT2D eigenvalue weighted by atomic mass is 9.78. The molecule has 4 aromatic rings. The van der Waals surface area contributed by atoms with Gasteiger partial charge in [0.15, 0.2) is 40.3 Å². The number of ether oxygens (including phenoxy) is 2. The van der Waals surface area contributed by atoms with Crippen molar-refractivity contribution in [1.82, 2.24) is 0 Å². The minimum Gasteiger partial charge on any atom is -0.504 e. The van der Waals surface area contributed by atoms with Crippen molar-refractivity contribution < 1.29 is 68.5 Å². The fraction of sp³-hybridized carbons (Fsp3) is 0.172. The van der Waals surface area contributed by atoms with Crippen LogP contribution in [0.2, 0.25) is 0 Å². The number of benzene rings is 3. The number of carboxylic acid groups (broad SMARTS) is 2. The van der Waals surface area contributed by atoms with Crippen LogP contribution in [-0.2, 0) is 4.74 Å². The summed E-state index contributed by atoms with van der Waals surface area (Å²) in [5.74, 6) is -12.9. The van der Waals surface area contributed by atoms with Crippen molar-refractivity contribution >= 4 is 51.2 Å². The summed E-state index contributed by atoms with van der Waals surface area (Å²) >= 11 is 0. The molecule has 1 aliphatic rings. The number of carboxylic acids is 2. The van der Waals surface area contributed by atoms with Gasteiger partial charge in [0.2, 0.25) is 11.7 Å². The molecule has 0 amide bonds. The van der Waals surface area contributed by atoms with Crippen molar-refractivity contribution in [2.75, 3.05) is 7.11 Å². The molecule has 0 radical (unpaired) electrons.